The summed E-state index contributed by atoms with van der Waals surface area (Å²) in [6, 6.07) is 10.6. The van der Waals surface area contributed by atoms with Crippen molar-refractivity contribution < 1.29 is 4.74 Å². The number of hydrogen-bond acceptors (Lipinski definition) is 5. The summed E-state index contributed by atoms with van der Waals surface area (Å²) in [5.41, 5.74) is 4.86. The van der Waals surface area contributed by atoms with Gasteiger partial charge in [-0.2, -0.15) is 0 Å². The van der Waals surface area contributed by atoms with Crippen molar-refractivity contribution in [2.45, 2.75) is 57.9 Å². The largest absolute Gasteiger partial charge is 0.379 e. The number of pyridine rings is 1. The van der Waals surface area contributed by atoms with Gasteiger partial charge in [0.1, 0.15) is 17.7 Å². The minimum atomic E-state index is -0.170. The number of H-pyrrole nitrogens is 1. The number of ether oxygens (including phenoxy) is 1. The zero-order valence-corrected chi connectivity index (χ0v) is 22.9. The molecule has 0 aliphatic carbocycles. The first-order valence-corrected chi connectivity index (χ1v) is 13.8. The molecule has 2 saturated heterocycles. The average Bonchev–Trinajstić information content (AvgIpc) is 3.47. The molecule has 38 heavy (non-hydrogen) atoms. The smallest absolute Gasteiger partial charge is 0.279 e. The number of aromatic nitrogens is 5. The molecule has 0 saturated carbocycles. The van der Waals surface area contributed by atoms with E-state index in [-0.39, 0.29) is 16.9 Å². The Morgan fingerprint density at radius 2 is 2.08 bits per heavy atom. The summed E-state index contributed by atoms with van der Waals surface area (Å²) >= 11 is 0. The Kier molecular flexibility index (Phi) is 6.48. The van der Waals surface area contributed by atoms with E-state index in [4.69, 9.17) is 4.74 Å². The molecule has 2 fully saturated rings. The van der Waals surface area contributed by atoms with Gasteiger partial charge in [-0.1, -0.05) is 32.9 Å². The summed E-state index contributed by atoms with van der Waals surface area (Å²) in [7, 11) is 1.97. The number of aromatic amines is 1. The molecule has 3 aromatic heterocycles. The van der Waals surface area contributed by atoms with E-state index in [9.17, 15) is 4.79 Å². The molecule has 8 heteroatoms. The molecule has 1 N–H and O–H groups in total. The lowest BCUT2D eigenvalue weighted by Gasteiger charge is -2.42. The summed E-state index contributed by atoms with van der Waals surface area (Å²) in [6.45, 7) is 11.1. The maximum Gasteiger partial charge on any atom is 0.279 e. The van der Waals surface area contributed by atoms with E-state index in [0.29, 0.717) is 18.7 Å². The molecule has 0 spiro atoms. The van der Waals surface area contributed by atoms with Crippen LogP contribution in [0.5, 0.6) is 0 Å². The van der Waals surface area contributed by atoms with Crippen LogP contribution in [0.25, 0.3) is 16.6 Å². The van der Waals surface area contributed by atoms with Crippen molar-refractivity contribution in [3.05, 3.63) is 75.9 Å². The Hall–Kier alpha value is -3.23. The highest BCUT2D eigenvalue weighted by molar-refractivity contribution is 5.84. The van der Waals surface area contributed by atoms with Gasteiger partial charge >= 0.3 is 0 Å². The highest BCUT2D eigenvalue weighted by atomic mass is 16.5. The molecule has 1 aromatic carbocycles. The molecule has 2 aliphatic rings. The maximum absolute atomic E-state index is 13.9. The summed E-state index contributed by atoms with van der Waals surface area (Å²) in [4.78, 5) is 19.9. The Morgan fingerprint density at radius 3 is 2.76 bits per heavy atom. The Balaban J connectivity index is 1.38. The third kappa shape index (κ3) is 4.50. The molecule has 6 rings (SSSR count). The van der Waals surface area contributed by atoms with Crippen molar-refractivity contribution in [1.82, 2.24) is 29.2 Å². The molecule has 0 unspecified atom stereocenters. The first-order valence-electron chi connectivity index (χ1n) is 13.8. The Morgan fingerprint density at radius 1 is 1.24 bits per heavy atom. The van der Waals surface area contributed by atoms with Crippen LogP contribution in [0.4, 0.5) is 0 Å². The fraction of sp³-hybridized carbons (Fsp3) is 0.500. The van der Waals surface area contributed by atoms with Gasteiger partial charge in [0.05, 0.1) is 13.2 Å². The summed E-state index contributed by atoms with van der Waals surface area (Å²) in [6.07, 6.45) is 7.06. The molecule has 2 aliphatic heterocycles. The minimum Gasteiger partial charge on any atom is -0.379 e. The van der Waals surface area contributed by atoms with Crippen LogP contribution in [0.2, 0.25) is 0 Å². The van der Waals surface area contributed by atoms with Crippen molar-refractivity contribution >= 4 is 10.9 Å². The van der Waals surface area contributed by atoms with Gasteiger partial charge in [-0.05, 0) is 60.5 Å². The van der Waals surface area contributed by atoms with Crippen LogP contribution in [0.15, 0.2) is 47.7 Å². The van der Waals surface area contributed by atoms with Crippen molar-refractivity contribution in [2.75, 3.05) is 26.3 Å². The second-order valence-corrected chi connectivity index (χ2v) is 11.8. The van der Waals surface area contributed by atoms with Gasteiger partial charge in [0, 0.05) is 54.9 Å². The zero-order chi connectivity index (χ0) is 26.4. The van der Waals surface area contributed by atoms with E-state index in [2.05, 4.69) is 59.1 Å². The van der Waals surface area contributed by atoms with E-state index in [1.54, 1.807) is 6.33 Å². The number of benzene rings is 1. The fourth-order valence-corrected chi connectivity index (χ4v) is 6.18. The normalized spacial score (nSPS) is 19.8. The van der Waals surface area contributed by atoms with Gasteiger partial charge in [-0.15, -0.1) is 10.2 Å². The van der Waals surface area contributed by atoms with Gasteiger partial charge in [0.15, 0.2) is 0 Å². The van der Waals surface area contributed by atoms with Crippen LogP contribution in [-0.4, -0.2) is 55.5 Å². The van der Waals surface area contributed by atoms with Gasteiger partial charge in [0.25, 0.3) is 5.56 Å². The molecule has 4 aromatic rings. The zero-order valence-electron chi connectivity index (χ0n) is 22.9. The van der Waals surface area contributed by atoms with E-state index < -0.39 is 0 Å². The van der Waals surface area contributed by atoms with Gasteiger partial charge in [-0.25, -0.2) is 0 Å². The molecule has 200 valence electrons. The highest BCUT2D eigenvalue weighted by Gasteiger charge is 2.42. The number of nitrogens with one attached hydrogen (secondary N) is 1. The van der Waals surface area contributed by atoms with E-state index in [1.807, 2.05) is 34.5 Å². The number of nitrogens with zero attached hydrogens (tertiary/aromatic N) is 5. The molecule has 0 radical (unpaired) electrons. The molecule has 8 nitrogen and oxygen atoms in total. The molecule has 1 atom stereocenters. The van der Waals surface area contributed by atoms with Crippen LogP contribution in [0, 0.1) is 5.92 Å². The number of piperidine rings is 1. The lowest BCUT2D eigenvalue weighted by Crippen LogP contribution is -2.49. The quantitative estimate of drug-likeness (QED) is 0.397. The van der Waals surface area contributed by atoms with Crippen LogP contribution < -0.4 is 5.56 Å². The number of hydrogen-bond donors (Lipinski definition) is 1. The van der Waals surface area contributed by atoms with Gasteiger partial charge in [-0.3, -0.25) is 14.3 Å². The molecular weight excluding hydrogens is 476 g/mol. The van der Waals surface area contributed by atoms with Crippen molar-refractivity contribution in [3.8, 4) is 5.69 Å². The van der Waals surface area contributed by atoms with Crippen LogP contribution in [-0.2, 0) is 30.2 Å². The van der Waals surface area contributed by atoms with Gasteiger partial charge in [0.2, 0.25) is 0 Å². The molecular formula is C30H38N6O2. The van der Waals surface area contributed by atoms with Crippen LogP contribution in [0.1, 0.15) is 62.2 Å². The summed E-state index contributed by atoms with van der Waals surface area (Å²) in [5.74, 6) is 1.94. The summed E-state index contributed by atoms with van der Waals surface area (Å²) < 4.78 is 9.48. The number of fused-ring (bicyclic) bond motifs is 1. The lowest BCUT2D eigenvalue weighted by molar-refractivity contribution is -0.0611. The SMILES string of the molecule is CC(C)c1cn(-c2cccc(C3(Cc4nncn4C)COC3)c2)c(=O)c2[nH]c(CN3CCC[C@H](C)C3)cc12. The third-order valence-corrected chi connectivity index (χ3v) is 8.44. The third-order valence-electron chi connectivity index (χ3n) is 8.44. The van der Waals surface area contributed by atoms with Crippen molar-refractivity contribution in [3.63, 3.8) is 0 Å². The fourth-order valence-electron chi connectivity index (χ4n) is 6.18. The molecule has 0 bridgehead atoms. The first-order chi connectivity index (χ1) is 18.3. The predicted octanol–water partition coefficient (Wildman–Crippen LogP) is 4.31. The monoisotopic (exact) mass is 514 g/mol. The van der Waals surface area contributed by atoms with Gasteiger partial charge < -0.3 is 14.3 Å². The van der Waals surface area contributed by atoms with E-state index in [0.717, 1.165) is 60.1 Å². The van der Waals surface area contributed by atoms with Crippen molar-refractivity contribution in [2.24, 2.45) is 13.0 Å². The maximum atomic E-state index is 13.9. The topological polar surface area (TPSA) is 81.0 Å². The number of rotatable bonds is 7. The second-order valence-electron chi connectivity index (χ2n) is 11.8. The molecule has 0 amide bonds. The van der Waals surface area contributed by atoms with E-state index in [1.165, 1.54) is 18.4 Å². The second kappa shape index (κ2) is 9.82. The van der Waals surface area contributed by atoms with Crippen LogP contribution >= 0.6 is 0 Å². The first kappa shape index (κ1) is 25.1. The van der Waals surface area contributed by atoms with E-state index >= 15 is 0 Å². The standard InChI is InChI=1S/C30H38N6O2/c1-20(2)26-16-36(29(37)28-25(26)12-23(32-28)15-35-10-6-7-21(3)14-35)24-9-5-8-22(11-24)30(17-38-18-30)13-27-33-31-19-34(27)4/h5,8-9,11-12,16,19-21,32H,6-7,10,13-15,17-18H2,1-4H3/t21-/m0/s1. The Labute approximate surface area is 223 Å². The number of aryl methyl sites for hydroxylation is 1. The minimum absolute atomic E-state index is 0.00739. The summed E-state index contributed by atoms with van der Waals surface area (Å²) in [5, 5.41) is 9.41. The lowest BCUT2D eigenvalue weighted by atomic mass is 9.75. The molecule has 5 heterocycles. The van der Waals surface area contributed by atoms with Crippen molar-refractivity contribution in [1.29, 1.82) is 0 Å². The predicted molar refractivity (Wildman–Crippen MR) is 149 cm³/mol. The average molecular weight is 515 g/mol. The number of likely N-dealkylation sites (tertiary alicyclic amines) is 1. The van der Waals surface area contributed by atoms with Crippen LogP contribution in [0.3, 0.4) is 0 Å². The Bertz CT molecular complexity index is 1510. The highest BCUT2D eigenvalue weighted by Crippen LogP contribution is 2.36.